The average Bonchev–Trinajstić information content (AvgIpc) is 2.84. The fourth-order valence-electron chi connectivity index (χ4n) is 6.88. The van der Waals surface area contributed by atoms with Gasteiger partial charge in [0.15, 0.2) is 0 Å². The normalized spacial score (nSPS) is 25.0. The highest BCUT2D eigenvalue weighted by atomic mass is 14.5. The summed E-state index contributed by atoms with van der Waals surface area (Å²) in [5.41, 5.74) is 10.3. The van der Waals surface area contributed by atoms with Crippen LogP contribution in [0.4, 0.5) is 0 Å². The van der Waals surface area contributed by atoms with Crippen molar-refractivity contribution in [2.24, 2.45) is 11.8 Å². The maximum absolute atomic E-state index is 3.76. The van der Waals surface area contributed by atoms with Crippen LogP contribution in [0.5, 0.6) is 0 Å². The summed E-state index contributed by atoms with van der Waals surface area (Å²) in [4.78, 5) is 0. The molecule has 0 nitrogen and oxygen atoms in total. The van der Waals surface area contributed by atoms with Gasteiger partial charge in [0.1, 0.15) is 0 Å². The number of hydrogen-bond donors (Lipinski definition) is 0. The van der Waals surface area contributed by atoms with Crippen LogP contribution in [0.25, 0.3) is 0 Å². The zero-order chi connectivity index (χ0) is 21.9. The van der Waals surface area contributed by atoms with E-state index in [1.165, 1.54) is 22.3 Å². The van der Waals surface area contributed by atoms with Gasteiger partial charge in [0.05, 0.1) is 0 Å². The molecule has 0 heteroatoms. The molecule has 0 amide bonds. The summed E-state index contributed by atoms with van der Waals surface area (Å²) in [6.07, 6.45) is 6.80. The molecule has 0 aromatic heterocycles. The first kappa shape index (κ1) is 19.6. The first-order chi connectivity index (χ1) is 15.6. The Morgan fingerprint density at radius 1 is 0.812 bits per heavy atom. The van der Waals surface area contributed by atoms with Gasteiger partial charge in [0, 0.05) is 17.4 Å². The van der Waals surface area contributed by atoms with Crippen molar-refractivity contribution in [1.82, 2.24) is 0 Å². The van der Waals surface area contributed by atoms with Crippen LogP contribution in [0.2, 0.25) is 0 Å². The van der Waals surface area contributed by atoms with E-state index in [1.54, 1.807) is 16.7 Å². The third kappa shape index (κ3) is 2.77. The van der Waals surface area contributed by atoms with Crippen molar-refractivity contribution < 1.29 is 0 Å². The van der Waals surface area contributed by atoms with Crippen molar-refractivity contribution in [1.29, 1.82) is 0 Å². The molecule has 0 radical (unpaired) electrons. The quantitative estimate of drug-likeness (QED) is 0.308. The minimum absolute atomic E-state index is 0.0256. The molecule has 0 aliphatic heterocycles. The molecule has 0 N–H and O–H groups in total. The van der Waals surface area contributed by atoms with Gasteiger partial charge in [0.25, 0.3) is 0 Å². The van der Waals surface area contributed by atoms with Crippen LogP contribution >= 0.6 is 0 Å². The van der Waals surface area contributed by atoms with E-state index >= 15 is 0 Å². The number of allylic oxidation sites excluding steroid dienone is 2. The van der Waals surface area contributed by atoms with Gasteiger partial charge in [-0.25, -0.2) is 0 Å². The van der Waals surface area contributed by atoms with Crippen LogP contribution < -0.4 is 0 Å². The van der Waals surface area contributed by atoms with E-state index in [2.05, 4.69) is 111 Å². The van der Waals surface area contributed by atoms with Gasteiger partial charge in [-0.05, 0) is 69.5 Å². The highest BCUT2D eigenvalue weighted by molar-refractivity contribution is 5.60. The summed E-state index contributed by atoms with van der Waals surface area (Å²) in [7, 11) is 0. The van der Waals surface area contributed by atoms with E-state index in [9.17, 15) is 0 Å². The maximum Gasteiger partial charge on any atom is 0.0348 e. The van der Waals surface area contributed by atoms with Crippen molar-refractivity contribution in [3.8, 4) is 11.8 Å². The lowest BCUT2D eigenvalue weighted by molar-refractivity contribution is 0.230. The smallest absolute Gasteiger partial charge is 0.0348 e. The predicted octanol–water partition coefficient (Wildman–Crippen LogP) is 7.17. The van der Waals surface area contributed by atoms with Crippen LogP contribution in [0.15, 0.2) is 78.9 Å². The molecule has 0 spiro atoms. The standard InChI is InChI=1S/C32H30/c1-21-25-19-17-22-11-7-9-15-26(22)29(25)30-27-16-10-8-12-23(27)18-20-28(30)31(21)32(2,3)24-13-5-4-6-14-24/h4-11,13-15,18,20-21,25,29,31H,12,16H2,1-3H3/t21-,25+,29-,31?/m1/s1. The topological polar surface area (TPSA) is 0 Å². The molecule has 6 rings (SSSR count). The van der Waals surface area contributed by atoms with E-state index in [0.29, 0.717) is 23.7 Å². The predicted molar refractivity (Wildman–Crippen MR) is 133 cm³/mol. The second-order valence-corrected chi connectivity index (χ2v) is 10.4. The Bertz CT molecular complexity index is 1280. The highest BCUT2D eigenvalue weighted by Gasteiger charge is 2.48. The van der Waals surface area contributed by atoms with Gasteiger partial charge in [-0.1, -0.05) is 105 Å². The van der Waals surface area contributed by atoms with Gasteiger partial charge in [0.2, 0.25) is 0 Å². The first-order valence-electron chi connectivity index (χ1n) is 12.0. The Balaban J connectivity index is 1.63. The van der Waals surface area contributed by atoms with Crippen LogP contribution in [-0.2, 0) is 18.3 Å². The van der Waals surface area contributed by atoms with Gasteiger partial charge < -0.3 is 0 Å². The number of hydrogen-bond acceptors (Lipinski definition) is 0. The zero-order valence-corrected chi connectivity index (χ0v) is 19.2. The minimum atomic E-state index is 0.0256. The summed E-state index contributed by atoms with van der Waals surface area (Å²) in [5.74, 6) is 8.94. The number of benzene rings is 3. The molecule has 3 aliphatic rings. The molecule has 3 aromatic rings. The van der Waals surface area contributed by atoms with Crippen LogP contribution in [-0.4, -0.2) is 0 Å². The van der Waals surface area contributed by atoms with Crippen molar-refractivity contribution >= 4 is 0 Å². The van der Waals surface area contributed by atoms with Gasteiger partial charge in [-0.2, -0.15) is 0 Å². The summed E-state index contributed by atoms with van der Waals surface area (Å²) in [6.45, 7) is 7.34. The van der Waals surface area contributed by atoms with Gasteiger partial charge >= 0.3 is 0 Å². The Morgan fingerprint density at radius 3 is 2.41 bits per heavy atom. The molecule has 3 aliphatic carbocycles. The van der Waals surface area contributed by atoms with Crippen LogP contribution in [0, 0.1) is 23.7 Å². The molecule has 32 heavy (non-hydrogen) atoms. The molecule has 0 bridgehead atoms. The fraction of sp³-hybridized carbons (Fsp3) is 0.312. The van der Waals surface area contributed by atoms with E-state index in [1.807, 2.05) is 0 Å². The molecule has 158 valence electrons. The largest absolute Gasteiger partial charge is 0.0932 e. The molecular formula is C32H30. The average molecular weight is 415 g/mol. The lowest BCUT2D eigenvalue weighted by Gasteiger charge is -2.50. The Morgan fingerprint density at radius 2 is 1.56 bits per heavy atom. The Labute approximate surface area is 192 Å². The molecule has 1 unspecified atom stereocenters. The number of rotatable bonds is 2. The van der Waals surface area contributed by atoms with Crippen molar-refractivity contribution in [3.05, 3.63) is 118 Å². The zero-order valence-electron chi connectivity index (χ0n) is 19.2. The molecule has 3 aromatic carbocycles. The fourth-order valence-corrected chi connectivity index (χ4v) is 6.88. The third-order valence-electron chi connectivity index (χ3n) is 8.38. The Kier molecular flexibility index (Phi) is 4.44. The molecule has 0 saturated carbocycles. The maximum atomic E-state index is 3.76. The number of fused-ring (bicyclic) bond motifs is 7. The molecule has 0 saturated heterocycles. The summed E-state index contributed by atoms with van der Waals surface area (Å²) in [6, 6.07) is 24.9. The van der Waals surface area contributed by atoms with Crippen LogP contribution in [0.1, 0.15) is 71.6 Å². The van der Waals surface area contributed by atoms with Crippen molar-refractivity contribution in [2.45, 2.75) is 50.9 Å². The van der Waals surface area contributed by atoms with E-state index in [-0.39, 0.29) is 5.41 Å². The molecule has 0 fully saturated rings. The van der Waals surface area contributed by atoms with E-state index < -0.39 is 0 Å². The lowest BCUT2D eigenvalue weighted by Crippen LogP contribution is -2.42. The lowest BCUT2D eigenvalue weighted by atomic mass is 9.53. The molecule has 4 atom stereocenters. The second-order valence-electron chi connectivity index (χ2n) is 10.4. The summed E-state index contributed by atoms with van der Waals surface area (Å²) < 4.78 is 0. The monoisotopic (exact) mass is 414 g/mol. The second kappa shape index (κ2) is 7.25. The van der Waals surface area contributed by atoms with E-state index in [0.717, 1.165) is 12.8 Å². The van der Waals surface area contributed by atoms with Gasteiger partial charge in [-0.3, -0.25) is 0 Å². The first-order valence-corrected chi connectivity index (χ1v) is 12.0. The SMILES string of the molecule is C[C@H]1C(C(C)(C)c2ccccc2)c2ccc3c(c2[C@H]2c4ccccc4C#C[C@H]21)CC=CC3. The van der Waals surface area contributed by atoms with Crippen molar-refractivity contribution in [3.63, 3.8) is 0 Å². The van der Waals surface area contributed by atoms with Crippen LogP contribution in [0.3, 0.4) is 0 Å². The third-order valence-corrected chi connectivity index (χ3v) is 8.38. The molecule has 0 heterocycles. The highest BCUT2D eigenvalue weighted by Crippen LogP contribution is 2.57. The van der Waals surface area contributed by atoms with E-state index in [4.69, 9.17) is 0 Å². The molecular weight excluding hydrogens is 384 g/mol. The summed E-state index contributed by atoms with van der Waals surface area (Å²) in [5, 5.41) is 0. The van der Waals surface area contributed by atoms with Gasteiger partial charge in [-0.15, -0.1) is 0 Å². The summed E-state index contributed by atoms with van der Waals surface area (Å²) >= 11 is 0. The Hall–Kier alpha value is -3.04. The van der Waals surface area contributed by atoms with Crippen molar-refractivity contribution in [2.75, 3.05) is 0 Å². The minimum Gasteiger partial charge on any atom is -0.0932 e.